The van der Waals surface area contributed by atoms with Crippen LogP contribution in [0.3, 0.4) is 0 Å². The Kier molecular flexibility index (Phi) is 12.8. The fourth-order valence-corrected chi connectivity index (χ4v) is 5.43. The molecule has 4 aliphatic rings. The summed E-state index contributed by atoms with van der Waals surface area (Å²) in [5, 5.41) is 142. The summed E-state index contributed by atoms with van der Waals surface area (Å²) in [6.07, 6.45) is -35.4. The third kappa shape index (κ3) is 7.59. The van der Waals surface area contributed by atoms with Crippen LogP contribution in [-0.2, 0) is 33.2 Å². The summed E-state index contributed by atoms with van der Waals surface area (Å²) >= 11 is 0. The zero-order valence-electron chi connectivity index (χ0n) is 23.5. The molecule has 4 rings (SSSR count). The average molecular weight is 667 g/mol. The first-order valence-electron chi connectivity index (χ1n) is 14.1. The first-order chi connectivity index (χ1) is 21.2. The van der Waals surface area contributed by atoms with Gasteiger partial charge in [-0.1, -0.05) is 0 Å². The van der Waals surface area contributed by atoms with E-state index in [0.29, 0.717) is 0 Å². The zero-order valence-corrected chi connectivity index (χ0v) is 23.5. The average Bonchev–Trinajstić information content (AvgIpc) is 3.02. The van der Waals surface area contributed by atoms with Crippen LogP contribution in [0, 0.1) is 0 Å². The number of ether oxygens (including phenoxy) is 7. The zero-order chi connectivity index (χ0) is 33.3. The number of hydrogen-bond donors (Lipinski definition) is 14. The van der Waals surface area contributed by atoms with Gasteiger partial charge in [0.2, 0.25) is 0 Å². The maximum atomic E-state index is 11.0. The van der Waals surface area contributed by atoms with Gasteiger partial charge in [-0.05, 0) is 0 Å². The molecule has 21 nitrogen and oxygen atoms in total. The van der Waals surface area contributed by atoms with E-state index < -0.39 is 149 Å². The van der Waals surface area contributed by atoms with Crippen molar-refractivity contribution in [1.82, 2.24) is 0 Å². The van der Waals surface area contributed by atoms with Gasteiger partial charge in [0.15, 0.2) is 25.2 Å². The van der Waals surface area contributed by atoms with Crippen molar-refractivity contribution >= 4 is 0 Å². The largest absolute Gasteiger partial charge is 0.394 e. The first-order valence-corrected chi connectivity index (χ1v) is 14.1. The predicted octanol–water partition coefficient (Wildman–Crippen LogP) is -9.75. The molecule has 14 N–H and O–H groups in total. The molecule has 0 saturated carbocycles. The maximum absolute atomic E-state index is 11.0. The van der Waals surface area contributed by atoms with Crippen LogP contribution in [0.25, 0.3) is 0 Å². The summed E-state index contributed by atoms with van der Waals surface area (Å²) in [7, 11) is 0. The molecule has 0 aromatic heterocycles. The Morgan fingerprint density at radius 3 is 1.29 bits per heavy atom. The van der Waals surface area contributed by atoms with Crippen molar-refractivity contribution in [1.29, 1.82) is 0 Å². The van der Waals surface area contributed by atoms with Crippen molar-refractivity contribution in [2.24, 2.45) is 0 Å². The number of aliphatic hydroxyl groups excluding tert-OH is 14. The van der Waals surface area contributed by atoms with Crippen molar-refractivity contribution < 1.29 is 105 Å². The molecule has 0 aliphatic carbocycles. The highest BCUT2D eigenvalue weighted by Gasteiger charge is 2.54. The van der Waals surface area contributed by atoms with Crippen LogP contribution in [0.5, 0.6) is 0 Å². The second kappa shape index (κ2) is 15.6. The fraction of sp³-hybridized carbons (Fsp3) is 1.00. The third-order valence-electron chi connectivity index (χ3n) is 8.19. The predicted molar refractivity (Wildman–Crippen MR) is 134 cm³/mol. The Hall–Kier alpha value is -0.840. The quantitative estimate of drug-likeness (QED) is 0.103. The Morgan fingerprint density at radius 2 is 0.778 bits per heavy atom. The van der Waals surface area contributed by atoms with E-state index in [9.17, 15) is 71.5 Å². The lowest BCUT2D eigenvalue weighted by Gasteiger charge is -2.48. The first kappa shape index (κ1) is 37.0. The van der Waals surface area contributed by atoms with E-state index >= 15 is 0 Å². The van der Waals surface area contributed by atoms with Crippen molar-refractivity contribution in [3.05, 3.63) is 0 Å². The maximum Gasteiger partial charge on any atom is 0.187 e. The smallest absolute Gasteiger partial charge is 0.187 e. The van der Waals surface area contributed by atoms with Gasteiger partial charge in [-0.2, -0.15) is 0 Å². The summed E-state index contributed by atoms with van der Waals surface area (Å²) in [6.45, 7) is -3.14. The van der Waals surface area contributed by atoms with Gasteiger partial charge in [-0.15, -0.1) is 0 Å². The molecule has 0 unspecified atom stereocenters. The normalized spacial score (nSPS) is 52.9. The fourth-order valence-electron chi connectivity index (χ4n) is 5.43. The van der Waals surface area contributed by atoms with Crippen molar-refractivity contribution in [3.63, 3.8) is 0 Å². The van der Waals surface area contributed by atoms with Crippen molar-refractivity contribution in [2.75, 3.05) is 26.4 Å². The Bertz CT molecular complexity index is 914. The van der Waals surface area contributed by atoms with Crippen molar-refractivity contribution in [3.8, 4) is 0 Å². The van der Waals surface area contributed by atoms with E-state index in [4.69, 9.17) is 33.2 Å². The van der Waals surface area contributed by atoms with Gasteiger partial charge in [0.05, 0.1) is 26.4 Å². The van der Waals surface area contributed by atoms with Crippen LogP contribution < -0.4 is 0 Å². The lowest BCUT2D eigenvalue weighted by Crippen LogP contribution is -2.67. The molecule has 0 aromatic rings. The van der Waals surface area contributed by atoms with E-state index in [-0.39, 0.29) is 0 Å². The van der Waals surface area contributed by atoms with E-state index in [1.807, 2.05) is 0 Å². The molecule has 0 bridgehead atoms. The highest BCUT2D eigenvalue weighted by atomic mass is 16.8. The molecule has 0 amide bonds. The number of hydrogen-bond acceptors (Lipinski definition) is 21. The molecule has 20 atom stereocenters. The topological polar surface area (TPSA) is 348 Å². The molecule has 4 fully saturated rings. The highest BCUT2D eigenvalue weighted by molar-refractivity contribution is 4.97. The van der Waals surface area contributed by atoms with Gasteiger partial charge in [0.25, 0.3) is 0 Å². The second-order valence-electron chi connectivity index (χ2n) is 11.2. The van der Waals surface area contributed by atoms with Crippen LogP contribution in [0.15, 0.2) is 0 Å². The van der Waals surface area contributed by atoms with Gasteiger partial charge in [-0.3, -0.25) is 0 Å². The molecule has 0 aromatic carbocycles. The minimum atomic E-state index is -2.04. The number of aliphatic hydroxyl groups is 14. The molecular weight excluding hydrogens is 624 g/mol. The summed E-state index contributed by atoms with van der Waals surface area (Å²) in [4.78, 5) is 0. The summed E-state index contributed by atoms with van der Waals surface area (Å²) in [5.74, 6) is 0. The van der Waals surface area contributed by atoms with Crippen LogP contribution in [-0.4, -0.2) is 221 Å². The molecule has 264 valence electrons. The van der Waals surface area contributed by atoms with E-state index in [1.54, 1.807) is 0 Å². The van der Waals surface area contributed by atoms with Crippen LogP contribution in [0.1, 0.15) is 0 Å². The lowest BCUT2D eigenvalue weighted by molar-refractivity contribution is -0.381. The van der Waals surface area contributed by atoms with E-state index in [0.717, 1.165) is 0 Å². The SMILES string of the molecule is OC[C@H]1O[C@@H](OC[C@H]2O[C@@H](O)[C@H](O)[C@@H](O[C@@H]3O[C@H](CO)[C@@H](O)[C@H](O[C@@H]4O[C@H](CO)[C@@H](O)[C@H](O)[C@H]4O)[C@H]3O)[C@@H]2O)[C@H](O)[C@@H](O)[C@@H]1O. The third-order valence-corrected chi connectivity index (χ3v) is 8.19. The van der Waals surface area contributed by atoms with Crippen LogP contribution in [0.4, 0.5) is 0 Å². The minimum absolute atomic E-state index is 0.692. The molecule has 0 spiro atoms. The van der Waals surface area contributed by atoms with Gasteiger partial charge < -0.3 is 105 Å². The Balaban J connectivity index is 1.45. The highest BCUT2D eigenvalue weighted by Crippen LogP contribution is 2.33. The van der Waals surface area contributed by atoms with E-state index in [2.05, 4.69) is 0 Å². The number of rotatable bonds is 10. The molecule has 21 heteroatoms. The summed E-state index contributed by atoms with van der Waals surface area (Å²) in [6, 6.07) is 0. The van der Waals surface area contributed by atoms with Crippen LogP contribution in [0.2, 0.25) is 0 Å². The minimum Gasteiger partial charge on any atom is -0.394 e. The molecule has 45 heavy (non-hydrogen) atoms. The standard InChI is InChI=1S/C24H42O21/c25-1-5-9(28)13(32)15(34)22(41-5)39-4-8-12(31)19(17(36)21(38)40-8)44-24-18(37)20(11(30)7(3-27)43-24)45-23-16(35)14(33)10(29)6(2-26)42-23/h5-38H,1-4H2/t5-,6-,7-,8-,9-,10-,11-,12-,13+,14+,15-,16-,17-,18-,19+,20+,21-,22-,23+,24+/m1/s1. The van der Waals surface area contributed by atoms with Gasteiger partial charge in [0.1, 0.15) is 97.7 Å². The van der Waals surface area contributed by atoms with E-state index in [1.165, 1.54) is 0 Å². The molecule has 4 saturated heterocycles. The van der Waals surface area contributed by atoms with Crippen molar-refractivity contribution in [2.45, 2.75) is 123 Å². The molecule has 0 radical (unpaired) electrons. The Labute approximate surface area is 254 Å². The lowest BCUT2D eigenvalue weighted by atomic mass is 9.96. The molecule has 4 aliphatic heterocycles. The summed E-state index contributed by atoms with van der Waals surface area (Å²) in [5.41, 5.74) is 0. The second-order valence-corrected chi connectivity index (χ2v) is 11.2. The molecular formula is C24H42O21. The summed E-state index contributed by atoms with van der Waals surface area (Å²) < 4.78 is 37.4. The monoisotopic (exact) mass is 666 g/mol. The Morgan fingerprint density at radius 1 is 0.378 bits per heavy atom. The van der Waals surface area contributed by atoms with Gasteiger partial charge in [0, 0.05) is 0 Å². The van der Waals surface area contributed by atoms with Gasteiger partial charge >= 0.3 is 0 Å². The van der Waals surface area contributed by atoms with Gasteiger partial charge in [-0.25, -0.2) is 0 Å². The van der Waals surface area contributed by atoms with Crippen LogP contribution >= 0.6 is 0 Å². The molecule has 4 heterocycles.